The van der Waals surface area contributed by atoms with Crippen LogP contribution in [-0.2, 0) is 5.75 Å². The van der Waals surface area contributed by atoms with Gasteiger partial charge in [0.05, 0.1) is 0 Å². The van der Waals surface area contributed by atoms with Crippen molar-refractivity contribution in [2.75, 3.05) is 39.0 Å². The Bertz CT molecular complexity index is 353. The van der Waals surface area contributed by atoms with Gasteiger partial charge in [-0.25, -0.2) is 0 Å². The predicted octanol–water partition coefficient (Wildman–Crippen LogP) is 3.66. The minimum Gasteiger partial charge on any atom is -0.320 e. The van der Waals surface area contributed by atoms with Crippen molar-refractivity contribution in [1.29, 1.82) is 0 Å². The molecule has 1 N–H and O–H groups in total. The average Bonchev–Trinajstić information content (AvgIpc) is 2.52. The standard InChI is InChI=1S/C17H28N2S.ClH/c1-18-10-7-16-8-11-19(12-9-16)13-14-20-15-17-5-3-2-4-6-17;/h2-6,16,18H,7-15H2,1H3;1H. The van der Waals surface area contributed by atoms with E-state index in [0.717, 1.165) is 11.7 Å². The van der Waals surface area contributed by atoms with Gasteiger partial charge in [0.15, 0.2) is 0 Å². The van der Waals surface area contributed by atoms with Gasteiger partial charge in [-0.05, 0) is 57.4 Å². The average molecular weight is 329 g/mol. The number of piperidine rings is 1. The summed E-state index contributed by atoms with van der Waals surface area (Å²) in [6.45, 7) is 5.05. The van der Waals surface area contributed by atoms with Crippen LogP contribution in [0.25, 0.3) is 0 Å². The van der Waals surface area contributed by atoms with Crippen LogP contribution in [0.4, 0.5) is 0 Å². The molecule has 0 aliphatic carbocycles. The van der Waals surface area contributed by atoms with Crippen molar-refractivity contribution in [3.63, 3.8) is 0 Å². The lowest BCUT2D eigenvalue weighted by atomic mass is 9.94. The number of nitrogens with zero attached hydrogens (tertiary/aromatic N) is 1. The molecule has 0 radical (unpaired) electrons. The summed E-state index contributed by atoms with van der Waals surface area (Å²) in [5.74, 6) is 3.37. The van der Waals surface area contributed by atoms with E-state index in [1.54, 1.807) is 0 Å². The molecule has 1 aliphatic heterocycles. The minimum atomic E-state index is 0. The summed E-state index contributed by atoms with van der Waals surface area (Å²) in [7, 11) is 2.05. The second kappa shape index (κ2) is 11.4. The molecular weight excluding hydrogens is 300 g/mol. The van der Waals surface area contributed by atoms with Crippen LogP contribution in [0.3, 0.4) is 0 Å². The Hall–Kier alpha value is -0.220. The zero-order chi connectivity index (χ0) is 14.0. The van der Waals surface area contributed by atoms with Crippen LogP contribution in [0.1, 0.15) is 24.8 Å². The Balaban J connectivity index is 0.00000220. The van der Waals surface area contributed by atoms with Gasteiger partial charge in [0, 0.05) is 18.1 Å². The molecule has 0 spiro atoms. The van der Waals surface area contributed by atoms with Gasteiger partial charge in [0.1, 0.15) is 0 Å². The SMILES string of the molecule is CNCCC1CCN(CCSCc2ccccc2)CC1.Cl. The van der Waals surface area contributed by atoms with Crippen LogP contribution >= 0.6 is 24.2 Å². The number of halogens is 1. The summed E-state index contributed by atoms with van der Waals surface area (Å²) < 4.78 is 0. The summed E-state index contributed by atoms with van der Waals surface area (Å²) in [5.41, 5.74) is 1.45. The summed E-state index contributed by atoms with van der Waals surface area (Å²) >= 11 is 2.06. The Kier molecular flexibility index (Phi) is 10.2. The van der Waals surface area contributed by atoms with E-state index in [9.17, 15) is 0 Å². The molecule has 0 bridgehead atoms. The zero-order valence-electron chi connectivity index (χ0n) is 13.1. The Morgan fingerprint density at radius 1 is 1.19 bits per heavy atom. The van der Waals surface area contributed by atoms with Gasteiger partial charge in [-0.15, -0.1) is 12.4 Å². The van der Waals surface area contributed by atoms with Crippen LogP contribution in [0.5, 0.6) is 0 Å². The Morgan fingerprint density at radius 3 is 2.57 bits per heavy atom. The molecule has 0 unspecified atom stereocenters. The quantitative estimate of drug-likeness (QED) is 0.733. The molecule has 1 fully saturated rings. The highest BCUT2D eigenvalue weighted by atomic mass is 35.5. The van der Waals surface area contributed by atoms with Crippen molar-refractivity contribution in [1.82, 2.24) is 10.2 Å². The first kappa shape index (κ1) is 18.8. The predicted molar refractivity (Wildman–Crippen MR) is 97.6 cm³/mol. The molecule has 1 saturated heterocycles. The van der Waals surface area contributed by atoms with Gasteiger partial charge in [-0.1, -0.05) is 30.3 Å². The van der Waals surface area contributed by atoms with Crippen molar-refractivity contribution in [3.05, 3.63) is 35.9 Å². The number of rotatable bonds is 8. The van der Waals surface area contributed by atoms with Crippen molar-refractivity contribution in [3.8, 4) is 0 Å². The monoisotopic (exact) mass is 328 g/mol. The van der Waals surface area contributed by atoms with E-state index >= 15 is 0 Å². The molecule has 0 saturated carbocycles. The summed E-state index contributed by atoms with van der Waals surface area (Å²) in [4.78, 5) is 2.65. The van der Waals surface area contributed by atoms with Crippen molar-refractivity contribution in [2.45, 2.75) is 25.0 Å². The number of nitrogens with one attached hydrogen (secondary N) is 1. The maximum absolute atomic E-state index is 3.27. The third-order valence-electron chi connectivity index (χ3n) is 4.17. The fourth-order valence-corrected chi connectivity index (χ4v) is 3.76. The topological polar surface area (TPSA) is 15.3 Å². The normalized spacial score (nSPS) is 16.6. The molecule has 2 rings (SSSR count). The van der Waals surface area contributed by atoms with Crippen molar-refractivity contribution >= 4 is 24.2 Å². The highest BCUT2D eigenvalue weighted by Crippen LogP contribution is 2.20. The van der Waals surface area contributed by atoms with Crippen LogP contribution in [0.2, 0.25) is 0 Å². The maximum Gasteiger partial charge on any atom is 0.0185 e. The fourth-order valence-electron chi connectivity index (χ4n) is 2.81. The van der Waals surface area contributed by atoms with E-state index in [4.69, 9.17) is 0 Å². The molecule has 2 nitrogen and oxygen atoms in total. The molecule has 21 heavy (non-hydrogen) atoms. The van der Waals surface area contributed by atoms with Crippen LogP contribution in [-0.4, -0.2) is 43.9 Å². The lowest BCUT2D eigenvalue weighted by Gasteiger charge is -2.31. The second-order valence-electron chi connectivity index (χ2n) is 5.72. The Labute approximate surface area is 140 Å². The first-order chi connectivity index (χ1) is 9.88. The maximum atomic E-state index is 3.27. The van der Waals surface area contributed by atoms with Crippen LogP contribution in [0.15, 0.2) is 30.3 Å². The smallest absolute Gasteiger partial charge is 0.0185 e. The molecule has 1 aliphatic rings. The highest BCUT2D eigenvalue weighted by molar-refractivity contribution is 7.98. The van der Waals surface area contributed by atoms with Crippen molar-refractivity contribution in [2.24, 2.45) is 5.92 Å². The van der Waals surface area contributed by atoms with E-state index < -0.39 is 0 Å². The number of hydrogen-bond donors (Lipinski definition) is 1. The molecule has 4 heteroatoms. The molecule has 0 aromatic heterocycles. The van der Waals surface area contributed by atoms with Gasteiger partial charge in [-0.2, -0.15) is 11.8 Å². The van der Waals surface area contributed by atoms with E-state index in [-0.39, 0.29) is 12.4 Å². The van der Waals surface area contributed by atoms with Crippen LogP contribution < -0.4 is 5.32 Å². The summed E-state index contributed by atoms with van der Waals surface area (Å²) in [5, 5.41) is 3.27. The highest BCUT2D eigenvalue weighted by Gasteiger charge is 2.18. The summed E-state index contributed by atoms with van der Waals surface area (Å²) in [6, 6.07) is 10.8. The fraction of sp³-hybridized carbons (Fsp3) is 0.647. The molecule has 1 aromatic rings. The van der Waals surface area contributed by atoms with Gasteiger partial charge in [0.25, 0.3) is 0 Å². The number of hydrogen-bond acceptors (Lipinski definition) is 3. The molecule has 1 aromatic carbocycles. The van der Waals surface area contributed by atoms with E-state index in [0.29, 0.717) is 0 Å². The molecule has 120 valence electrons. The molecule has 0 amide bonds. The first-order valence-electron chi connectivity index (χ1n) is 7.87. The minimum absolute atomic E-state index is 0. The third kappa shape index (κ3) is 7.55. The summed E-state index contributed by atoms with van der Waals surface area (Å²) in [6.07, 6.45) is 4.14. The second-order valence-corrected chi connectivity index (χ2v) is 6.82. The number of likely N-dealkylation sites (tertiary alicyclic amines) is 1. The van der Waals surface area contributed by atoms with E-state index in [1.165, 1.54) is 56.8 Å². The lowest BCUT2D eigenvalue weighted by Crippen LogP contribution is -2.35. The number of thioether (sulfide) groups is 1. The first-order valence-corrected chi connectivity index (χ1v) is 9.02. The largest absolute Gasteiger partial charge is 0.320 e. The number of benzene rings is 1. The van der Waals surface area contributed by atoms with Gasteiger partial charge in [-0.3, -0.25) is 0 Å². The molecule has 1 heterocycles. The third-order valence-corrected chi connectivity index (χ3v) is 5.18. The molecular formula is C17H29ClN2S. The van der Waals surface area contributed by atoms with Crippen LogP contribution in [0, 0.1) is 5.92 Å². The van der Waals surface area contributed by atoms with E-state index in [1.807, 2.05) is 0 Å². The Morgan fingerprint density at radius 2 is 1.90 bits per heavy atom. The van der Waals surface area contributed by atoms with E-state index in [2.05, 4.69) is 59.4 Å². The lowest BCUT2D eigenvalue weighted by molar-refractivity contribution is 0.188. The van der Waals surface area contributed by atoms with Gasteiger partial charge in [0.2, 0.25) is 0 Å². The van der Waals surface area contributed by atoms with Gasteiger partial charge >= 0.3 is 0 Å². The van der Waals surface area contributed by atoms with Crippen molar-refractivity contribution < 1.29 is 0 Å². The van der Waals surface area contributed by atoms with Gasteiger partial charge < -0.3 is 10.2 Å². The molecule has 0 atom stereocenters. The zero-order valence-corrected chi connectivity index (χ0v) is 14.7.